The van der Waals surface area contributed by atoms with E-state index >= 15 is 0 Å². The maximum atomic E-state index is 13.8. The van der Waals surface area contributed by atoms with E-state index in [-0.39, 0.29) is 30.4 Å². The normalized spacial score (nSPS) is 22.5. The molecule has 1 aromatic rings. The lowest BCUT2D eigenvalue weighted by Crippen LogP contribution is -2.46. The van der Waals surface area contributed by atoms with E-state index in [1.54, 1.807) is 16.8 Å². The minimum absolute atomic E-state index is 0.0164. The fourth-order valence-corrected chi connectivity index (χ4v) is 6.70. The molecule has 42 heavy (non-hydrogen) atoms. The lowest BCUT2D eigenvalue weighted by molar-refractivity contribution is -0.870. The SMILES string of the molecule is CCCCN(CCCC[N+](C)(C)C)C(=O)CN1C[C@H](c2ccc3c(c2)CCO3)C(C(=O)O)[C@@H]1CCN1CCN(C)C1=O. The molecular weight excluding hydrogens is 534 g/mol. The predicted molar refractivity (Wildman–Crippen MR) is 163 cm³/mol. The van der Waals surface area contributed by atoms with Crippen LogP contribution >= 0.6 is 0 Å². The number of aliphatic carboxylic acids is 1. The number of hydrogen-bond acceptors (Lipinski definition) is 5. The number of benzene rings is 1. The number of urea groups is 1. The number of ether oxygens (including phenoxy) is 1. The van der Waals surface area contributed by atoms with Gasteiger partial charge in [0.05, 0.1) is 46.8 Å². The predicted octanol–water partition coefficient (Wildman–Crippen LogP) is 2.96. The summed E-state index contributed by atoms with van der Waals surface area (Å²) in [4.78, 5) is 46.9. The Labute approximate surface area is 251 Å². The molecule has 10 nitrogen and oxygen atoms in total. The van der Waals surface area contributed by atoms with Gasteiger partial charge in [0.2, 0.25) is 5.91 Å². The summed E-state index contributed by atoms with van der Waals surface area (Å²) in [6.07, 6.45) is 5.31. The first-order valence-electron chi connectivity index (χ1n) is 15.8. The second-order valence-corrected chi connectivity index (χ2v) is 13.4. The molecule has 2 fully saturated rings. The van der Waals surface area contributed by atoms with Crippen molar-refractivity contribution in [2.75, 3.05) is 87.2 Å². The molecule has 3 amide bonds. The average Bonchev–Trinajstić information content (AvgIpc) is 3.63. The van der Waals surface area contributed by atoms with Crippen LogP contribution in [0.5, 0.6) is 5.75 Å². The molecule has 3 heterocycles. The van der Waals surface area contributed by atoms with Crippen LogP contribution in [-0.2, 0) is 16.0 Å². The lowest BCUT2D eigenvalue weighted by Gasteiger charge is -2.31. The Morgan fingerprint density at radius 2 is 1.88 bits per heavy atom. The molecule has 1 unspecified atom stereocenters. The summed E-state index contributed by atoms with van der Waals surface area (Å²) < 4.78 is 6.60. The number of carbonyl (C=O) groups excluding carboxylic acids is 2. The minimum Gasteiger partial charge on any atom is -0.493 e. The van der Waals surface area contributed by atoms with E-state index in [0.29, 0.717) is 39.2 Å². The largest absolute Gasteiger partial charge is 0.493 e. The Balaban J connectivity index is 1.53. The Kier molecular flexibility index (Phi) is 10.8. The van der Waals surface area contributed by atoms with E-state index < -0.39 is 11.9 Å². The van der Waals surface area contributed by atoms with Crippen molar-refractivity contribution in [3.8, 4) is 5.75 Å². The third-order valence-electron chi connectivity index (χ3n) is 9.15. The van der Waals surface area contributed by atoms with Crippen LogP contribution in [0.15, 0.2) is 18.2 Å². The molecule has 0 bridgehead atoms. The molecule has 0 aromatic heterocycles. The molecule has 1 aromatic carbocycles. The van der Waals surface area contributed by atoms with Crippen LogP contribution in [0.4, 0.5) is 4.79 Å². The maximum Gasteiger partial charge on any atom is 0.319 e. The van der Waals surface area contributed by atoms with Gasteiger partial charge in [-0.2, -0.15) is 0 Å². The van der Waals surface area contributed by atoms with Crippen LogP contribution in [0.1, 0.15) is 56.1 Å². The summed E-state index contributed by atoms with van der Waals surface area (Å²) in [5.74, 6) is -0.799. The van der Waals surface area contributed by atoms with Gasteiger partial charge in [-0.3, -0.25) is 14.5 Å². The van der Waals surface area contributed by atoms with Gasteiger partial charge in [0.15, 0.2) is 0 Å². The first kappa shape index (κ1) is 32.1. The molecule has 0 spiro atoms. The third kappa shape index (κ3) is 7.95. The van der Waals surface area contributed by atoms with Gasteiger partial charge in [-0.25, -0.2) is 4.79 Å². The van der Waals surface area contributed by atoms with Crippen LogP contribution in [0.25, 0.3) is 0 Å². The minimum atomic E-state index is -0.843. The number of likely N-dealkylation sites (N-methyl/N-ethyl adjacent to an activating group) is 1. The summed E-state index contributed by atoms with van der Waals surface area (Å²) in [6.45, 7) is 7.80. The maximum absolute atomic E-state index is 13.8. The average molecular weight is 587 g/mol. The van der Waals surface area contributed by atoms with E-state index in [1.165, 1.54) is 0 Å². The molecule has 1 N–H and O–H groups in total. The van der Waals surface area contributed by atoms with Crippen LogP contribution in [0.2, 0.25) is 0 Å². The number of likely N-dealkylation sites (tertiary alicyclic amines) is 1. The molecule has 3 atom stereocenters. The van der Waals surface area contributed by atoms with Gasteiger partial charge in [0.25, 0.3) is 0 Å². The van der Waals surface area contributed by atoms with Crippen LogP contribution in [0, 0.1) is 5.92 Å². The van der Waals surface area contributed by atoms with Crippen LogP contribution in [0.3, 0.4) is 0 Å². The fourth-order valence-electron chi connectivity index (χ4n) is 6.70. The van der Waals surface area contributed by atoms with Crippen LogP contribution < -0.4 is 4.74 Å². The summed E-state index contributed by atoms with van der Waals surface area (Å²) in [5.41, 5.74) is 2.11. The van der Waals surface area contributed by atoms with Gasteiger partial charge < -0.3 is 29.0 Å². The molecule has 234 valence electrons. The number of amides is 3. The first-order chi connectivity index (χ1) is 20.0. The second kappa shape index (κ2) is 14.1. The van der Waals surface area contributed by atoms with Gasteiger partial charge >= 0.3 is 12.0 Å². The van der Waals surface area contributed by atoms with Crippen LogP contribution in [-0.4, -0.2) is 140 Å². The van der Waals surface area contributed by atoms with Crippen molar-refractivity contribution in [1.29, 1.82) is 0 Å². The topological polar surface area (TPSA) is 93.6 Å². The summed E-state index contributed by atoms with van der Waals surface area (Å²) in [7, 11) is 8.35. The lowest BCUT2D eigenvalue weighted by atomic mass is 9.83. The van der Waals surface area contributed by atoms with E-state index in [4.69, 9.17) is 4.74 Å². The van der Waals surface area contributed by atoms with Crippen molar-refractivity contribution in [3.05, 3.63) is 29.3 Å². The van der Waals surface area contributed by atoms with Gasteiger partial charge in [-0.1, -0.05) is 25.5 Å². The molecule has 3 aliphatic rings. The van der Waals surface area contributed by atoms with Crippen molar-refractivity contribution in [1.82, 2.24) is 19.6 Å². The Bertz CT molecular complexity index is 1110. The zero-order valence-corrected chi connectivity index (χ0v) is 26.4. The van der Waals surface area contributed by atoms with Crippen molar-refractivity contribution in [2.45, 2.75) is 57.4 Å². The Morgan fingerprint density at radius 3 is 2.55 bits per heavy atom. The molecular formula is C32H52N5O5+. The first-order valence-corrected chi connectivity index (χ1v) is 15.8. The molecule has 3 aliphatic heterocycles. The van der Waals surface area contributed by atoms with Crippen molar-refractivity contribution in [3.63, 3.8) is 0 Å². The molecule has 0 saturated carbocycles. The molecule has 2 saturated heterocycles. The van der Waals surface area contributed by atoms with Gasteiger partial charge in [-0.05, 0) is 42.9 Å². The molecule has 0 aliphatic carbocycles. The number of unbranched alkanes of at least 4 members (excludes halogenated alkanes) is 2. The molecule has 10 heteroatoms. The number of hydrogen-bond donors (Lipinski definition) is 1. The second-order valence-electron chi connectivity index (χ2n) is 13.4. The van der Waals surface area contributed by atoms with E-state index in [1.807, 2.05) is 17.0 Å². The quantitative estimate of drug-likeness (QED) is 0.251. The smallest absolute Gasteiger partial charge is 0.319 e. The highest BCUT2D eigenvalue weighted by molar-refractivity contribution is 5.79. The summed E-state index contributed by atoms with van der Waals surface area (Å²) in [5, 5.41) is 10.5. The molecule has 0 radical (unpaired) electrons. The van der Waals surface area contributed by atoms with Crippen molar-refractivity contribution in [2.24, 2.45) is 5.92 Å². The van der Waals surface area contributed by atoms with Gasteiger partial charge in [0, 0.05) is 64.7 Å². The fraction of sp³-hybridized carbons (Fsp3) is 0.719. The number of fused-ring (bicyclic) bond motifs is 1. The summed E-state index contributed by atoms with van der Waals surface area (Å²) >= 11 is 0. The number of rotatable bonds is 15. The Hall–Kier alpha value is -2.85. The highest BCUT2D eigenvalue weighted by Crippen LogP contribution is 2.41. The number of carboxylic acid groups (broad SMARTS) is 1. The van der Waals surface area contributed by atoms with E-state index in [0.717, 1.165) is 73.1 Å². The zero-order chi connectivity index (χ0) is 30.4. The highest BCUT2D eigenvalue weighted by atomic mass is 16.5. The number of nitrogens with zero attached hydrogens (tertiary/aromatic N) is 5. The van der Waals surface area contributed by atoms with E-state index in [2.05, 4.69) is 39.0 Å². The van der Waals surface area contributed by atoms with Crippen molar-refractivity contribution < 1.29 is 28.7 Å². The third-order valence-corrected chi connectivity index (χ3v) is 9.15. The standard InChI is InChI=1S/C32H51N5O5/c1-6-7-14-34(15-8-9-19-37(3,4)5)29(38)23-36-22-26(24-10-11-28-25(21-24)13-20-42-28)30(31(39)40)27(36)12-16-35-18-17-33(2)32(35)41/h10-11,21,26-27,30H,6-9,12-20,22-23H2,1-5H3/p+1/t26-,27+,30?/m1/s1. The zero-order valence-electron chi connectivity index (χ0n) is 26.4. The number of carboxylic acids is 1. The van der Waals surface area contributed by atoms with Crippen molar-refractivity contribution >= 4 is 17.9 Å². The number of quaternary nitrogens is 1. The molecule has 4 rings (SSSR count). The number of carbonyl (C=O) groups is 3. The van der Waals surface area contributed by atoms with E-state index in [9.17, 15) is 19.5 Å². The highest BCUT2D eigenvalue weighted by Gasteiger charge is 2.47. The van der Waals surface area contributed by atoms with Gasteiger partial charge in [-0.15, -0.1) is 0 Å². The monoisotopic (exact) mass is 586 g/mol. The summed E-state index contributed by atoms with van der Waals surface area (Å²) in [6, 6.07) is 5.70. The Morgan fingerprint density at radius 1 is 1.12 bits per heavy atom. The van der Waals surface area contributed by atoms with Gasteiger partial charge in [0.1, 0.15) is 5.75 Å².